The Kier molecular flexibility index (Phi) is 8.30. The van der Waals surface area contributed by atoms with E-state index in [0.29, 0.717) is 21.6 Å². The predicted molar refractivity (Wildman–Crippen MR) is 166 cm³/mol. The standard InChI is InChI=1S/C31H32ClN5O3S/c1-18-9-10-21(32)15-26(18)36-19(2)14-23(20(36)3)30-29(24-8-6-7-13-33-24)35-31(41)37(30)22-11-12-27(40-5)25(16-22)34-28(38)17-39-4/h6-16,29-30H,17H2,1-5H3,(H,34,38)(H,35,41)/t29-,30+/m0/s1. The third kappa shape index (κ3) is 5.53. The van der Waals surface area contributed by atoms with Crippen molar-refractivity contribution < 1.29 is 14.3 Å². The number of benzene rings is 2. The number of hydrogen-bond donors (Lipinski definition) is 2. The van der Waals surface area contributed by atoms with Gasteiger partial charge in [-0.05, 0) is 92.6 Å². The molecule has 1 aliphatic rings. The van der Waals surface area contributed by atoms with E-state index in [0.717, 1.165) is 39.6 Å². The first-order valence-corrected chi connectivity index (χ1v) is 13.9. The summed E-state index contributed by atoms with van der Waals surface area (Å²) in [5.41, 5.74) is 7.56. The summed E-state index contributed by atoms with van der Waals surface area (Å²) >= 11 is 12.4. The van der Waals surface area contributed by atoms with Gasteiger partial charge in [0.1, 0.15) is 12.4 Å². The highest BCUT2D eigenvalue weighted by Gasteiger charge is 2.42. The normalized spacial score (nSPS) is 16.5. The van der Waals surface area contributed by atoms with Crippen LogP contribution in [0.1, 0.15) is 40.3 Å². The van der Waals surface area contributed by atoms with E-state index in [4.69, 9.17) is 33.3 Å². The minimum Gasteiger partial charge on any atom is -0.495 e. The first kappa shape index (κ1) is 28.6. The Morgan fingerprint density at radius 3 is 2.61 bits per heavy atom. The molecule has 0 bridgehead atoms. The van der Waals surface area contributed by atoms with Gasteiger partial charge < -0.3 is 29.6 Å². The summed E-state index contributed by atoms with van der Waals surface area (Å²) in [6.45, 7) is 6.21. The quantitative estimate of drug-likeness (QED) is 0.236. The fraction of sp³-hybridized carbons (Fsp3) is 0.258. The van der Waals surface area contributed by atoms with Crippen LogP contribution in [-0.4, -0.2) is 41.4 Å². The Balaban J connectivity index is 1.66. The molecule has 5 rings (SSSR count). The van der Waals surface area contributed by atoms with Gasteiger partial charge in [0, 0.05) is 41.1 Å². The third-order valence-corrected chi connectivity index (χ3v) is 7.86. The Hall–Kier alpha value is -3.92. The zero-order valence-corrected chi connectivity index (χ0v) is 25.1. The molecule has 8 nitrogen and oxygen atoms in total. The van der Waals surface area contributed by atoms with Crippen LogP contribution in [0.4, 0.5) is 11.4 Å². The summed E-state index contributed by atoms with van der Waals surface area (Å²) in [7, 11) is 3.04. The van der Waals surface area contributed by atoms with E-state index in [1.54, 1.807) is 13.3 Å². The summed E-state index contributed by atoms with van der Waals surface area (Å²) in [5.74, 6) is 0.247. The zero-order valence-electron chi connectivity index (χ0n) is 23.6. The van der Waals surface area contributed by atoms with Gasteiger partial charge in [0.25, 0.3) is 0 Å². The lowest BCUT2D eigenvalue weighted by Gasteiger charge is -2.29. The van der Waals surface area contributed by atoms with E-state index in [9.17, 15) is 4.79 Å². The number of hydrogen-bond acceptors (Lipinski definition) is 5. The lowest BCUT2D eigenvalue weighted by molar-refractivity contribution is -0.119. The SMILES string of the molecule is COCC(=O)Nc1cc(N2C(=S)N[C@@H](c3ccccn3)[C@H]2c2cc(C)n(-c3cc(Cl)ccc3C)c2C)ccc1OC. The minimum atomic E-state index is -0.284. The van der Waals surface area contributed by atoms with Gasteiger partial charge in [0.15, 0.2) is 5.11 Å². The highest BCUT2D eigenvalue weighted by molar-refractivity contribution is 7.80. The lowest BCUT2D eigenvalue weighted by atomic mass is 9.96. The van der Waals surface area contributed by atoms with Crippen LogP contribution >= 0.6 is 23.8 Å². The average molecular weight is 590 g/mol. The number of methoxy groups -OCH3 is 2. The molecule has 0 spiro atoms. The fourth-order valence-electron chi connectivity index (χ4n) is 5.49. The lowest BCUT2D eigenvalue weighted by Crippen LogP contribution is -2.29. The molecule has 0 radical (unpaired) electrons. The molecule has 1 amide bonds. The maximum atomic E-state index is 12.4. The van der Waals surface area contributed by atoms with Crippen molar-refractivity contribution >= 4 is 46.2 Å². The Morgan fingerprint density at radius 1 is 1.10 bits per heavy atom. The predicted octanol–water partition coefficient (Wildman–Crippen LogP) is 6.22. The molecule has 41 heavy (non-hydrogen) atoms. The van der Waals surface area contributed by atoms with Crippen molar-refractivity contribution in [2.45, 2.75) is 32.9 Å². The maximum absolute atomic E-state index is 12.4. The monoisotopic (exact) mass is 589 g/mol. The second kappa shape index (κ2) is 11.9. The van der Waals surface area contributed by atoms with Crippen LogP contribution in [0, 0.1) is 20.8 Å². The van der Waals surface area contributed by atoms with Crippen molar-refractivity contribution in [2.75, 3.05) is 31.0 Å². The number of pyridine rings is 1. The van der Waals surface area contributed by atoms with Crippen molar-refractivity contribution in [3.05, 3.63) is 100 Å². The number of aromatic nitrogens is 2. The molecule has 0 saturated carbocycles. The molecule has 0 unspecified atom stereocenters. The first-order valence-electron chi connectivity index (χ1n) is 13.2. The van der Waals surface area contributed by atoms with Gasteiger partial charge in [-0.3, -0.25) is 9.78 Å². The highest BCUT2D eigenvalue weighted by atomic mass is 35.5. The zero-order chi connectivity index (χ0) is 29.3. The smallest absolute Gasteiger partial charge is 0.250 e. The van der Waals surface area contributed by atoms with Crippen molar-refractivity contribution in [3.63, 3.8) is 0 Å². The number of nitrogens with one attached hydrogen (secondary N) is 2. The van der Waals surface area contributed by atoms with Gasteiger partial charge >= 0.3 is 0 Å². The Morgan fingerprint density at radius 2 is 1.90 bits per heavy atom. The topological polar surface area (TPSA) is 80.7 Å². The van der Waals surface area contributed by atoms with Gasteiger partial charge in [-0.1, -0.05) is 23.7 Å². The van der Waals surface area contributed by atoms with E-state index >= 15 is 0 Å². The van der Waals surface area contributed by atoms with Crippen molar-refractivity contribution in [2.24, 2.45) is 0 Å². The van der Waals surface area contributed by atoms with E-state index in [1.807, 2.05) is 54.6 Å². The van der Waals surface area contributed by atoms with Gasteiger partial charge in [0.05, 0.1) is 30.6 Å². The molecule has 10 heteroatoms. The van der Waals surface area contributed by atoms with Gasteiger partial charge in [-0.15, -0.1) is 0 Å². The number of thiocarbonyl (C=S) groups is 1. The highest BCUT2D eigenvalue weighted by Crippen LogP contribution is 2.45. The van der Waals surface area contributed by atoms with Crippen LogP contribution in [0.2, 0.25) is 5.02 Å². The van der Waals surface area contributed by atoms with Crippen LogP contribution in [-0.2, 0) is 9.53 Å². The molecular weight excluding hydrogens is 558 g/mol. The molecule has 3 heterocycles. The summed E-state index contributed by atoms with van der Waals surface area (Å²) in [6.07, 6.45) is 1.79. The number of aryl methyl sites for hydroxylation is 2. The number of carbonyl (C=O) groups excluding carboxylic acids is 1. The van der Waals surface area contributed by atoms with Crippen LogP contribution in [0.3, 0.4) is 0 Å². The molecule has 212 valence electrons. The third-order valence-electron chi connectivity index (χ3n) is 7.31. The molecule has 2 aromatic heterocycles. The van der Waals surface area contributed by atoms with Gasteiger partial charge in [-0.2, -0.15) is 0 Å². The molecular formula is C31H32ClN5O3S. The minimum absolute atomic E-state index is 0.0731. The van der Waals surface area contributed by atoms with Gasteiger partial charge in [-0.25, -0.2) is 0 Å². The van der Waals surface area contributed by atoms with Crippen molar-refractivity contribution in [1.29, 1.82) is 0 Å². The molecule has 1 aliphatic heterocycles. The number of rotatable bonds is 8. The van der Waals surface area contributed by atoms with Crippen LogP contribution in [0.25, 0.3) is 5.69 Å². The molecule has 1 saturated heterocycles. The summed E-state index contributed by atoms with van der Waals surface area (Å²) in [4.78, 5) is 19.2. The summed E-state index contributed by atoms with van der Waals surface area (Å²) in [5, 5.41) is 7.63. The van der Waals surface area contributed by atoms with Crippen LogP contribution in [0.5, 0.6) is 5.75 Å². The fourth-order valence-corrected chi connectivity index (χ4v) is 6.00. The van der Waals surface area contributed by atoms with Crippen molar-refractivity contribution in [3.8, 4) is 11.4 Å². The van der Waals surface area contributed by atoms with E-state index in [1.165, 1.54) is 7.11 Å². The number of halogens is 1. The molecule has 2 N–H and O–H groups in total. The van der Waals surface area contributed by atoms with Crippen LogP contribution < -0.4 is 20.3 Å². The molecule has 2 atom stereocenters. The Labute approximate surface area is 250 Å². The molecule has 1 fully saturated rings. The molecule has 2 aromatic carbocycles. The van der Waals surface area contributed by atoms with Crippen molar-refractivity contribution in [1.82, 2.24) is 14.9 Å². The average Bonchev–Trinajstić information content (AvgIpc) is 3.45. The number of anilines is 2. The number of ether oxygens (including phenoxy) is 2. The largest absolute Gasteiger partial charge is 0.495 e. The van der Waals surface area contributed by atoms with Gasteiger partial charge in [0.2, 0.25) is 5.91 Å². The first-order chi connectivity index (χ1) is 19.7. The van der Waals surface area contributed by atoms with E-state index in [2.05, 4.69) is 51.9 Å². The summed E-state index contributed by atoms with van der Waals surface area (Å²) < 4.78 is 12.8. The molecule has 0 aliphatic carbocycles. The van der Waals surface area contributed by atoms with E-state index < -0.39 is 0 Å². The van der Waals surface area contributed by atoms with Crippen LogP contribution in [0.15, 0.2) is 66.9 Å². The maximum Gasteiger partial charge on any atom is 0.250 e. The summed E-state index contributed by atoms with van der Waals surface area (Å²) in [6, 6.07) is 19.2. The number of nitrogens with zero attached hydrogens (tertiary/aromatic N) is 3. The number of amides is 1. The Bertz CT molecular complexity index is 1610. The molecule has 4 aromatic rings. The van der Waals surface area contributed by atoms with E-state index in [-0.39, 0.29) is 24.6 Å². The second-order valence-electron chi connectivity index (χ2n) is 9.96. The number of carbonyl (C=O) groups is 1. The second-order valence-corrected chi connectivity index (χ2v) is 10.8.